The van der Waals surface area contributed by atoms with Gasteiger partial charge in [0.25, 0.3) is 39.6 Å². The minimum Gasteiger partial charge on any atom is -0.414 e. The van der Waals surface area contributed by atoms with Crippen LogP contribution in [-0.2, 0) is 48.4 Å². The topological polar surface area (TPSA) is 530 Å². The quantitative estimate of drug-likeness (QED) is 0.0266. The zero-order valence-electron chi connectivity index (χ0n) is 88.7. The molecule has 15 rings (SSSR count). The SMILES string of the molecule is CC(C)[Si]1(C(C)C)OC[C@H]2S[C@@H](n3ccc(=O)[nH]c3=O)[C@H](O)[C@@H]2O[Si](C(C)C)(C(C)C)O1.CC(C)[Si]1(C(C)C)OC[C@H]2S[C@@H](n3ccc(=O)n(C(=O)c4ccccc4)c3=O)[C@H](O)[C@@H]2O[Si](C(C)C)(C(C)C)O1.CO[C@@H]1[C@@H]2O[Si](C(C)C)(C(C)C)O[Si](C(C)C)(C(C)C)OC[C@H]2S[C@H]1n1ccc(=O)n(C(=O)c2ccccc2)c1=O.CO[C@@H]1[C@H](O)[C@@H](CO)S[C@H]1n1ccc(=O)[nH]c1=O.O=c1ccn([C@@H]2S[C@H](CO)[C@@H](O)[C@H]2O)c(=O)[nH]1. The van der Waals surface area contributed by atoms with Crippen molar-refractivity contribution in [1.82, 2.24) is 46.9 Å². The average molecular weight is 2270 g/mol. The molecular weight excluding hydrogens is 2110 g/mol. The molecule has 51 heteroatoms. The lowest BCUT2D eigenvalue weighted by Crippen LogP contribution is -2.65. The number of aromatic nitrogens is 10. The number of nitrogens with zero attached hydrogens (tertiary/aromatic N) is 7. The highest BCUT2D eigenvalue weighted by Crippen LogP contribution is 2.57. The van der Waals surface area contributed by atoms with E-state index in [0.717, 1.165) is 22.4 Å². The van der Waals surface area contributed by atoms with E-state index >= 15 is 0 Å². The third-order valence-corrected chi connectivity index (χ3v) is 67.3. The molecule has 8 saturated heterocycles. The number of methoxy groups -OCH3 is 2. The minimum absolute atomic E-state index is 0.0867. The highest BCUT2D eigenvalue weighted by Gasteiger charge is 2.66. The van der Waals surface area contributed by atoms with E-state index in [9.17, 15) is 83.1 Å². The molecule has 7 aromatic rings. The van der Waals surface area contributed by atoms with Gasteiger partial charge >= 0.3 is 79.8 Å². The molecule has 0 aliphatic carbocycles. The zero-order chi connectivity index (χ0) is 110. The van der Waals surface area contributed by atoms with E-state index in [1.54, 1.807) is 67.8 Å². The Morgan fingerprint density at radius 3 is 0.899 bits per heavy atom. The van der Waals surface area contributed by atoms with Crippen molar-refractivity contribution in [1.29, 1.82) is 0 Å². The normalized spacial score (nSPS) is 28.4. The van der Waals surface area contributed by atoms with E-state index in [0.29, 0.717) is 29.0 Å². The molecule has 0 spiro atoms. The molecule has 2 aromatic carbocycles. The van der Waals surface area contributed by atoms with E-state index in [1.807, 2.05) is 0 Å². The van der Waals surface area contributed by atoms with E-state index in [1.165, 1.54) is 128 Å². The van der Waals surface area contributed by atoms with Crippen molar-refractivity contribution in [3.63, 3.8) is 0 Å². The maximum atomic E-state index is 13.8. The third-order valence-electron chi connectivity index (χ3n) is 28.8. The summed E-state index contributed by atoms with van der Waals surface area (Å²) in [7, 11) is -13.8. The molecule has 13 heterocycles. The van der Waals surface area contributed by atoms with Crippen LogP contribution in [0.5, 0.6) is 0 Å². The van der Waals surface area contributed by atoms with Gasteiger partial charge in [-0.15, -0.1) is 58.8 Å². The molecule has 20 atom stereocenters. The first-order valence-electron chi connectivity index (χ1n) is 50.4. The van der Waals surface area contributed by atoms with Crippen LogP contribution >= 0.6 is 58.8 Å². The number of aliphatic hydroxyl groups is 7. The van der Waals surface area contributed by atoms with Crippen LogP contribution in [0.25, 0.3) is 0 Å². The van der Waals surface area contributed by atoms with E-state index < -0.39 is 218 Å². The monoisotopic (exact) mass is 2260 g/mol. The summed E-state index contributed by atoms with van der Waals surface area (Å²) in [5.41, 5.74) is -3.61. The Labute approximate surface area is 887 Å². The van der Waals surface area contributed by atoms with Gasteiger partial charge in [-0.05, 0) is 90.8 Å². The summed E-state index contributed by atoms with van der Waals surface area (Å²) in [6.45, 7) is 52.3. The van der Waals surface area contributed by atoms with Gasteiger partial charge in [-0.25, -0.2) is 24.0 Å². The second-order valence-corrected chi connectivity index (χ2v) is 75.3. The summed E-state index contributed by atoms with van der Waals surface area (Å²) in [4.78, 5) is 155. The van der Waals surface area contributed by atoms with Gasteiger partial charge in [0.15, 0.2) is 0 Å². The van der Waals surface area contributed by atoms with Crippen molar-refractivity contribution in [3.05, 3.63) is 237 Å². The second kappa shape index (κ2) is 50.6. The van der Waals surface area contributed by atoms with Crippen molar-refractivity contribution in [2.75, 3.05) is 47.3 Å². The number of fused-ring (bicyclic) bond motifs is 3. The number of H-pyrrole nitrogens is 3. The fourth-order valence-electron chi connectivity index (χ4n) is 20.8. The lowest BCUT2D eigenvalue weighted by Gasteiger charge is -2.51. The molecule has 0 unspecified atom stereocenters. The van der Waals surface area contributed by atoms with Crippen LogP contribution in [0.3, 0.4) is 0 Å². The van der Waals surface area contributed by atoms with Crippen LogP contribution in [0.1, 0.15) is 214 Å². The number of hydrogen-bond acceptors (Lipinski definition) is 35. The lowest BCUT2D eigenvalue weighted by atomic mass is 10.1. The van der Waals surface area contributed by atoms with Crippen molar-refractivity contribution < 1.29 is 93.7 Å². The molecule has 822 valence electrons. The van der Waals surface area contributed by atoms with Crippen molar-refractivity contribution in [3.8, 4) is 0 Å². The van der Waals surface area contributed by atoms with Crippen LogP contribution in [-0.4, -0.2) is 280 Å². The van der Waals surface area contributed by atoms with Gasteiger partial charge in [0.2, 0.25) is 0 Å². The van der Waals surface area contributed by atoms with Gasteiger partial charge < -0.3 is 84.1 Å². The lowest BCUT2D eigenvalue weighted by molar-refractivity contribution is -0.0317. The zero-order valence-corrected chi connectivity index (χ0v) is 98.8. The first-order valence-corrected chi connectivity index (χ1v) is 66.9. The molecule has 5 aromatic heterocycles. The first kappa shape index (κ1) is 122. The second-order valence-electron chi connectivity index (χ2n) is 42.0. The van der Waals surface area contributed by atoms with Crippen molar-refractivity contribution in [2.24, 2.45) is 0 Å². The fraction of sp³-hybridized carbons (Fsp3) is 0.649. The highest BCUT2D eigenvalue weighted by molar-refractivity contribution is 8.01. The largest absolute Gasteiger partial charge is 0.414 e. The first-order chi connectivity index (χ1) is 69.5. The number of hydrogen-bond donors (Lipinski definition) is 10. The summed E-state index contributed by atoms with van der Waals surface area (Å²) in [5, 5.41) is 65.9. The van der Waals surface area contributed by atoms with Gasteiger partial charge in [-0.2, -0.15) is 9.13 Å². The summed E-state index contributed by atoms with van der Waals surface area (Å²) in [6, 6.07) is 22.7. The molecule has 8 aliphatic heterocycles. The fourth-order valence-corrected chi connectivity index (χ4v) is 62.6. The van der Waals surface area contributed by atoms with E-state index in [2.05, 4.69) is 181 Å². The molecule has 40 nitrogen and oxygen atoms in total. The Hall–Kier alpha value is -6.49. The molecule has 0 amide bonds. The summed E-state index contributed by atoms with van der Waals surface area (Å²) in [6.07, 6.45) is -1.02. The summed E-state index contributed by atoms with van der Waals surface area (Å²) >= 11 is 6.73. The molecule has 148 heavy (non-hydrogen) atoms. The van der Waals surface area contributed by atoms with Gasteiger partial charge in [0.05, 0.1) is 89.8 Å². The molecule has 10 N–H and O–H groups in total. The van der Waals surface area contributed by atoms with Crippen LogP contribution in [0.15, 0.2) is 170 Å². The molecule has 0 bridgehead atoms. The minimum atomic E-state index is -2.97. The van der Waals surface area contributed by atoms with E-state index in [4.69, 9.17) is 58.6 Å². The number of ether oxygens (including phenoxy) is 2. The van der Waals surface area contributed by atoms with Gasteiger partial charge in [0.1, 0.15) is 57.4 Å². The number of aliphatic hydroxyl groups excluding tert-OH is 7. The van der Waals surface area contributed by atoms with Crippen LogP contribution in [0.2, 0.25) is 66.5 Å². The Bertz CT molecular complexity index is 6260. The Morgan fingerprint density at radius 2 is 0.595 bits per heavy atom. The maximum Gasteiger partial charge on any atom is 0.339 e. The molecule has 0 saturated carbocycles. The van der Waals surface area contributed by atoms with Crippen molar-refractivity contribution in [2.45, 2.75) is 347 Å². The molecule has 8 aliphatic rings. The molecular formula is C97H150N10O30S5Si6. The maximum absolute atomic E-state index is 13.8. The predicted molar refractivity (Wildman–Crippen MR) is 586 cm³/mol. The average Bonchev–Trinajstić information content (AvgIpc) is 1.49. The standard InChI is InChI=1S/C29H44N2O7SSi2.C28H42N2O7SSi2.C21H38N2O6SSi2.C10H14N2O5S.C9H12N2O5S/c1-18(2)40(19(3)4)36-17-23-25(37-41(38-40,20(5)6)21(7)8)26(35-9)28(39-23)30-16-15-24(32)31(29(30)34)27(33)22-13-11-10-12-14-22;1-17(2)39(18(3)4)35-16-22-25(36-40(37-39,19(5)6)20(7)8)24(32)27(38-22)29-15-14-23(31)30(28(29)34)26(33)21-12-10-9-11-13-21;1-12(2)31(13(3)4)27-11-16-19(28-32(29-31,14(5)6)15(7)8)18(25)20(30-16)23-10-9-17(24)22-21(23)26;1-17-8-7(15)5(4-13)18-9(8)12-3-2-6(14)11-10(12)16;12-3-4-6(14)7(15)8(17-4)11-2-1-5(13)10-9(11)16/h10-16,18-21,23,25-26,28H,17H2,1-9H3;9-15,17-20,22,24-25,27,32H,16H2,1-8H3;9-10,12-16,18-20,25H,11H2,1-8H3,(H,22,24,26);2-3,5,7-9,13,15H,4H2,1H3,(H,11,14,16);1-2,4,6-8,12,14-15H,3H2,(H,10,13,16)/t23-,25-,26-,28-;22-,24-,25-,27-;16-,18-,19-,20-;5-,7-,8-,9-;4-,6-,7-,8-/m11111/s1. The number of carbonyl (C=O) groups is 2. The summed E-state index contributed by atoms with van der Waals surface area (Å²) in [5.74, 6) is -1.38. The Morgan fingerprint density at radius 1 is 0.331 bits per heavy atom. The summed E-state index contributed by atoms with van der Waals surface area (Å²) < 4.78 is 82.3. The molecule has 0 radical (unpaired) electrons. The van der Waals surface area contributed by atoms with E-state index in [-0.39, 0.29) is 107 Å². The number of rotatable bonds is 23. The Balaban J connectivity index is 0.000000182. The van der Waals surface area contributed by atoms with Gasteiger partial charge in [0, 0.05) is 86.7 Å². The Kier molecular flexibility index (Phi) is 41.6. The predicted octanol–water partition coefficient (Wildman–Crippen LogP) is 9.77. The molecule has 8 fully saturated rings. The van der Waals surface area contributed by atoms with Crippen molar-refractivity contribution >= 4 is 122 Å². The highest BCUT2D eigenvalue weighted by atomic mass is 32.2. The number of thioether (sulfide) groups is 5. The van der Waals surface area contributed by atoms with Crippen LogP contribution < -0.4 is 56.2 Å². The smallest absolute Gasteiger partial charge is 0.339 e. The number of aromatic amines is 3. The van der Waals surface area contributed by atoms with Gasteiger partial charge in [-0.1, -0.05) is 203 Å². The third kappa shape index (κ3) is 24.7. The number of carbonyl (C=O) groups excluding carboxylic acids is 2. The van der Waals surface area contributed by atoms with Gasteiger partial charge in [-0.3, -0.25) is 71.3 Å². The van der Waals surface area contributed by atoms with Crippen LogP contribution in [0, 0.1) is 0 Å². The number of nitrogens with one attached hydrogen (secondary N) is 3. The van der Waals surface area contributed by atoms with Crippen LogP contribution in [0.4, 0.5) is 0 Å². The number of benzene rings is 2.